The molecule has 0 aliphatic heterocycles. The van der Waals surface area contributed by atoms with Crippen molar-refractivity contribution in [1.29, 1.82) is 0 Å². The molecule has 0 radical (unpaired) electrons. The van der Waals surface area contributed by atoms with Gasteiger partial charge < -0.3 is 10.2 Å². The standard InChI is InChI=1S/C11H18N4O/c12-15-11-6-13-10(5-14-11)8-16-7-9-3-1-2-4-9/h5-6,9H,1-4,7-8,12H2,(H,14,15). The number of aromatic nitrogens is 2. The molecule has 1 heterocycles. The third kappa shape index (κ3) is 3.15. The van der Waals surface area contributed by atoms with E-state index in [0.29, 0.717) is 12.4 Å². The van der Waals surface area contributed by atoms with Crippen LogP contribution >= 0.6 is 0 Å². The average molecular weight is 222 g/mol. The third-order valence-corrected chi connectivity index (χ3v) is 2.93. The first-order chi connectivity index (χ1) is 7.88. The van der Waals surface area contributed by atoms with E-state index in [1.807, 2.05) is 0 Å². The predicted molar refractivity (Wildman–Crippen MR) is 61.5 cm³/mol. The van der Waals surface area contributed by atoms with Crippen molar-refractivity contribution in [2.45, 2.75) is 32.3 Å². The van der Waals surface area contributed by atoms with Crippen molar-refractivity contribution >= 4 is 5.82 Å². The summed E-state index contributed by atoms with van der Waals surface area (Å²) < 4.78 is 5.62. The van der Waals surface area contributed by atoms with E-state index in [1.165, 1.54) is 25.7 Å². The fraction of sp³-hybridized carbons (Fsp3) is 0.636. The molecule has 0 spiro atoms. The molecule has 0 amide bonds. The van der Waals surface area contributed by atoms with Gasteiger partial charge in [-0.15, -0.1) is 0 Å². The number of nitrogen functional groups attached to an aromatic ring is 1. The van der Waals surface area contributed by atoms with Crippen LogP contribution in [0.3, 0.4) is 0 Å². The van der Waals surface area contributed by atoms with Gasteiger partial charge in [0.05, 0.1) is 24.7 Å². The average Bonchev–Trinajstić information content (AvgIpc) is 2.83. The Kier molecular flexibility index (Phi) is 4.07. The molecule has 1 fully saturated rings. The van der Waals surface area contributed by atoms with E-state index in [-0.39, 0.29) is 0 Å². The van der Waals surface area contributed by atoms with Crippen LogP contribution in [0.15, 0.2) is 12.4 Å². The Bertz CT molecular complexity index is 308. The first kappa shape index (κ1) is 11.3. The van der Waals surface area contributed by atoms with E-state index in [1.54, 1.807) is 12.4 Å². The van der Waals surface area contributed by atoms with Gasteiger partial charge in [-0.3, -0.25) is 4.98 Å². The minimum atomic E-state index is 0.536. The van der Waals surface area contributed by atoms with Gasteiger partial charge >= 0.3 is 0 Å². The lowest BCUT2D eigenvalue weighted by atomic mass is 10.1. The second-order valence-corrected chi connectivity index (χ2v) is 4.20. The highest BCUT2D eigenvalue weighted by Crippen LogP contribution is 2.24. The highest BCUT2D eigenvalue weighted by atomic mass is 16.5. The van der Waals surface area contributed by atoms with Crippen LogP contribution in [-0.2, 0) is 11.3 Å². The quantitative estimate of drug-likeness (QED) is 0.583. The summed E-state index contributed by atoms with van der Waals surface area (Å²) in [6.45, 7) is 1.38. The third-order valence-electron chi connectivity index (χ3n) is 2.93. The zero-order chi connectivity index (χ0) is 11.2. The molecule has 0 atom stereocenters. The summed E-state index contributed by atoms with van der Waals surface area (Å²) >= 11 is 0. The largest absolute Gasteiger partial charge is 0.375 e. The monoisotopic (exact) mass is 222 g/mol. The normalized spacial score (nSPS) is 16.6. The van der Waals surface area contributed by atoms with E-state index >= 15 is 0 Å². The SMILES string of the molecule is NNc1cnc(COCC2CCCC2)cn1. The summed E-state index contributed by atoms with van der Waals surface area (Å²) in [7, 11) is 0. The van der Waals surface area contributed by atoms with Crippen LogP contribution in [0.25, 0.3) is 0 Å². The van der Waals surface area contributed by atoms with Crippen molar-refractivity contribution < 1.29 is 4.74 Å². The molecule has 2 rings (SSSR count). The molecule has 1 aromatic heterocycles. The smallest absolute Gasteiger partial charge is 0.158 e. The number of nitrogens with two attached hydrogens (primary N) is 1. The molecule has 88 valence electrons. The molecule has 5 nitrogen and oxygen atoms in total. The molecule has 5 heteroatoms. The molecule has 0 aromatic carbocycles. The Labute approximate surface area is 95.4 Å². The van der Waals surface area contributed by atoms with E-state index < -0.39 is 0 Å². The zero-order valence-corrected chi connectivity index (χ0v) is 9.35. The first-order valence-electron chi connectivity index (χ1n) is 5.74. The van der Waals surface area contributed by atoms with Crippen LogP contribution < -0.4 is 11.3 Å². The molecule has 0 bridgehead atoms. The maximum absolute atomic E-state index is 5.62. The Balaban J connectivity index is 1.71. The summed E-state index contributed by atoms with van der Waals surface area (Å²) in [4.78, 5) is 8.25. The summed E-state index contributed by atoms with van der Waals surface area (Å²) in [5.74, 6) is 6.52. The Morgan fingerprint density at radius 1 is 1.31 bits per heavy atom. The van der Waals surface area contributed by atoms with Crippen molar-refractivity contribution in [1.82, 2.24) is 9.97 Å². The molecular formula is C11H18N4O. The Hall–Kier alpha value is -1.20. The van der Waals surface area contributed by atoms with E-state index in [9.17, 15) is 0 Å². The lowest BCUT2D eigenvalue weighted by Gasteiger charge is -2.09. The minimum absolute atomic E-state index is 0.536. The van der Waals surface area contributed by atoms with Crippen molar-refractivity contribution in [3.05, 3.63) is 18.1 Å². The van der Waals surface area contributed by atoms with Gasteiger partial charge in [0.15, 0.2) is 5.82 Å². The lowest BCUT2D eigenvalue weighted by molar-refractivity contribution is 0.0865. The fourth-order valence-electron chi connectivity index (χ4n) is 2.01. The molecule has 0 saturated heterocycles. The number of hydrogen-bond donors (Lipinski definition) is 2. The highest BCUT2D eigenvalue weighted by Gasteiger charge is 2.14. The van der Waals surface area contributed by atoms with E-state index in [0.717, 1.165) is 18.2 Å². The molecule has 16 heavy (non-hydrogen) atoms. The van der Waals surface area contributed by atoms with Gasteiger partial charge in [-0.1, -0.05) is 12.8 Å². The molecule has 3 N–H and O–H groups in total. The predicted octanol–water partition coefficient (Wildman–Crippen LogP) is 1.47. The molecule has 1 aliphatic rings. The van der Waals surface area contributed by atoms with Crippen LogP contribution in [0.5, 0.6) is 0 Å². The molecule has 1 aromatic rings. The van der Waals surface area contributed by atoms with Gasteiger partial charge in [-0.05, 0) is 18.8 Å². The van der Waals surface area contributed by atoms with Crippen LogP contribution in [0.1, 0.15) is 31.4 Å². The van der Waals surface area contributed by atoms with Crippen molar-refractivity contribution in [3.63, 3.8) is 0 Å². The summed E-state index contributed by atoms with van der Waals surface area (Å²) in [6.07, 6.45) is 8.61. The maximum Gasteiger partial charge on any atom is 0.158 e. The van der Waals surface area contributed by atoms with Crippen molar-refractivity contribution in [3.8, 4) is 0 Å². The minimum Gasteiger partial charge on any atom is -0.375 e. The first-order valence-corrected chi connectivity index (χ1v) is 5.74. The lowest BCUT2D eigenvalue weighted by Crippen LogP contribution is -2.10. The number of nitrogens with zero attached hydrogens (tertiary/aromatic N) is 2. The number of rotatable bonds is 5. The van der Waals surface area contributed by atoms with Gasteiger partial charge in [0, 0.05) is 6.61 Å². The van der Waals surface area contributed by atoms with E-state index in [2.05, 4.69) is 15.4 Å². The highest BCUT2D eigenvalue weighted by molar-refractivity contribution is 5.28. The number of nitrogens with one attached hydrogen (secondary N) is 1. The fourth-order valence-corrected chi connectivity index (χ4v) is 2.01. The summed E-state index contributed by atoms with van der Waals surface area (Å²) in [5.41, 5.74) is 3.29. The van der Waals surface area contributed by atoms with Gasteiger partial charge in [0.25, 0.3) is 0 Å². The molecule has 1 aliphatic carbocycles. The van der Waals surface area contributed by atoms with Crippen LogP contribution in [0.4, 0.5) is 5.82 Å². The van der Waals surface area contributed by atoms with E-state index in [4.69, 9.17) is 10.6 Å². The van der Waals surface area contributed by atoms with Gasteiger partial charge in [-0.25, -0.2) is 10.8 Å². The number of hydrogen-bond acceptors (Lipinski definition) is 5. The molecule has 0 unspecified atom stereocenters. The van der Waals surface area contributed by atoms with Crippen LogP contribution in [0.2, 0.25) is 0 Å². The molecular weight excluding hydrogens is 204 g/mol. The number of anilines is 1. The van der Waals surface area contributed by atoms with Crippen LogP contribution in [0, 0.1) is 5.92 Å². The Morgan fingerprint density at radius 3 is 2.75 bits per heavy atom. The van der Waals surface area contributed by atoms with Crippen molar-refractivity contribution in [2.24, 2.45) is 11.8 Å². The second kappa shape index (κ2) is 5.77. The zero-order valence-electron chi connectivity index (χ0n) is 9.35. The summed E-state index contributed by atoms with van der Waals surface area (Å²) in [5, 5.41) is 0. The Morgan fingerprint density at radius 2 is 2.12 bits per heavy atom. The molecule has 1 saturated carbocycles. The second-order valence-electron chi connectivity index (χ2n) is 4.20. The van der Waals surface area contributed by atoms with Crippen LogP contribution in [-0.4, -0.2) is 16.6 Å². The number of hydrazine groups is 1. The topological polar surface area (TPSA) is 73.1 Å². The summed E-state index contributed by atoms with van der Waals surface area (Å²) in [6, 6.07) is 0. The number of ether oxygens (including phenoxy) is 1. The van der Waals surface area contributed by atoms with Crippen molar-refractivity contribution in [2.75, 3.05) is 12.0 Å². The van der Waals surface area contributed by atoms with Gasteiger partial charge in [0.2, 0.25) is 0 Å². The van der Waals surface area contributed by atoms with Gasteiger partial charge in [-0.2, -0.15) is 0 Å². The van der Waals surface area contributed by atoms with Gasteiger partial charge in [0.1, 0.15) is 0 Å². The maximum atomic E-state index is 5.62.